The minimum atomic E-state index is 0. The Morgan fingerprint density at radius 1 is 1.12 bits per heavy atom. The van der Waals surface area contributed by atoms with E-state index in [-0.39, 0.29) is 24.0 Å². The number of guanidine groups is 1. The number of halogens is 1. The number of nitrogens with one attached hydrogen (secondary N) is 2. The van der Waals surface area contributed by atoms with Gasteiger partial charge in [-0.05, 0) is 31.5 Å². The second-order valence-electron chi connectivity index (χ2n) is 6.03. The van der Waals surface area contributed by atoms with Crippen LogP contribution in [0.25, 0.3) is 0 Å². The minimum absolute atomic E-state index is 0. The summed E-state index contributed by atoms with van der Waals surface area (Å²) < 4.78 is 0. The molecule has 1 unspecified atom stereocenters. The van der Waals surface area contributed by atoms with Crippen LogP contribution in [0.15, 0.2) is 53.7 Å². The molecule has 5 heteroatoms. The van der Waals surface area contributed by atoms with Crippen molar-refractivity contribution in [2.75, 3.05) is 19.6 Å². The van der Waals surface area contributed by atoms with Crippen LogP contribution < -0.4 is 10.6 Å². The Bertz CT molecular complexity index is 626. The van der Waals surface area contributed by atoms with Crippen LogP contribution in [0.5, 0.6) is 0 Å². The highest BCUT2D eigenvalue weighted by atomic mass is 127. The summed E-state index contributed by atoms with van der Waals surface area (Å²) in [5.41, 5.74) is 3.71. The third kappa shape index (κ3) is 7.86. The fourth-order valence-electron chi connectivity index (χ4n) is 2.43. The first-order valence-electron chi connectivity index (χ1n) is 8.67. The van der Waals surface area contributed by atoms with Crippen LogP contribution in [-0.2, 0) is 6.42 Å². The van der Waals surface area contributed by atoms with Gasteiger partial charge in [-0.1, -0.05) is 42.8 Å². The summed E-state index contributed by atoms with van der Waals surface area (Å²) in [6.07, 6.45) is 2.72. The van der Waals surface area contributed by atoms with E-state index in [1.807, 2.05) is 24.4 Å². The lowest BCUT2D eigenvalue weighted by Crippen LogP contribution is -2.38. The molecule has 0 bridgehead atoms. The van der Waals surface area contributed by atoms with Crippen molar-refractivity contribution in [1.82, 2.24) is 15.6 Å². The molecule has 0 aliphatic heterocycles. The molecule has 0 aliphatic carbocycles. The molecule has 2 N–H and O–H groups in total. The maximum Gasteiger partial charge on any atom is 0.191 e. The van der Waals surface area contributed by atoms with Crippen LogP contribution in [0, 0.1) is 6.92 Å². The highest BCUT2D eigenvalue weighted by molar-refractivity contribution is 14.0. The summed E-state index contributed by atoms with van der Waals surface area (Å²) in [6.45, 7) is 8.85. The van der Waals surface area contributed by atoms with Crippen molar-refractivity contribution in [2.24, 2.45) is 4.99 Å². The second kappa shape index (κ2) is 11.8. The molecule has 0 amide bonds. The van der Waals surface area contributed by atoms with Crippen molar-refractivity contribution in [3.63, 3.8) is 0 Å². The molecule has 1 atom stereocenters. The first kappa shape index (κ1) is 21.4. The van der Waals surface area contributed by atoms with E-state index < -0.39 is 0 Å². The van der Waals surface area contributed by atoms with Gasteiger partial charge in [0.15, 0.2) is 5.96 Å². The molecule has 4 nitrogen and oxygen atoms in total. The third-order valence-electron chi connectivity index (χ3n) is 3.91. The lowest BCUT2D eigenvalue weighted by atomic mass is 10.0. The molecular formula is C20H29IN4. The maximum absolute atomic E-state index is 4.72. The second-order valence-corrected chi connectivity index (χ2v) is 6.03. The van der Waals surface area contributed by atoms with Crippen molar-refractivity contribution in [2.45, 2.75) is 33.1 Å². The monoisotopic (exact) mass is 452 g/mol. The molecule has 0 radical (unpaired) electrons. The predicted molar refractivity (Wildman–Crippen MR) is 117 cm³/mol. The number of aliphatic imine (C=N–C) groups is 1. The molecule has 0 spiro atoms. The van der Waals surface area contributed by atoms with E-state index in [0.29, 0.717) is 5.92 Å². The number of aromatic nitrogens is 1. The Hall–Kier alpha value is -1.63. The molecule has 0 aliphatic rings. The SMILES string of the molecule is CCNC(=NCC(C)c1ccc(C)cc1)NCCc1ccccn1.I. The molecule has 1 aromatic carbocycles. The first-order valence-corrected chi connectivity index (χ1v) is 8.67. The molecule has 2 aromatic rings. The molecule has 136 valence electrons. The summed E-state index contributed by atoms with van der Waals surface area (Å²) in [4.78, 5) is 9.06. The van der Waals surface area contributed by atoms with Gasteiger partial charge in [0, 0.05) is 43.9 Å². The molecule has 1 aromatic heterocycles. The highest BCUT2D eigenvalue weighted by Gasteiger charge is 2.05. The summed E-state index contributed by atoms with van der Waals surface area (Å²) in [5, 5.41) is 6.69. The van der Waals surface area contributed by atoms with Gasteiger partial charge < -0.3 is 10.6 Å². The third-order valence-corrected chi connectivity index (χ3v) is 3.91. The van der Waals surface area contributed by atoms with E-state index >= 15 is 0 Å². The van der Waals surface area contributed by atoms with E-state index in [1.165, 1.54) is 11.1 Å². The van der Waals surface area contributed by atoms with E-state index in [0.717, 1.165) is 37.7 Å². The Morgan fingerprint density at radius 2 is 1.88 bits per heavy atom. The fourth-order valence-corrected chi connectivity index (χ4v) is 2.43. The van der Waals surface area contributed by atoms with Crippen LogP contribution >= 0.6 is 24.0 Å². The largest absolute Gasteiger partial charge is 0.357 e. The molecule has 1 heterocycles. The number of rotatable bonds is 7. The van der Waals surface area contributed by atoms with Gasteiger partial charge >= 0.3 is 0 Å². The van der Waals surface area contributed by atoms with Crippen LogP contribution in [0.1, 0.15) is 36.6 Å². The molecular weight excluding hydrogens is 423 g/mol. The summed E-state index contributed by atoms with van der Waals surface area (Å²) in [5.74, 6) is 1.27. The smallest absolute Gasteiger partial charge is 0.191 e. The van der Waals surface area contributed by atoms with Crippen molar-refractivity contribution >= 4 is 29.9 Å². The minimum Gasteiger partial charge on any atom is -0.357 e. The van der Waals surface area contributed by atoms with Gasteiger partial charge in [-0.2, -0.15) is 0 Å². The molecule has 25 heavy (non-hydrogen) atoms. The number of pyridine rings is 1. The van der Waals surface area contributed by atoms with Gasteiger partial charge in [0.25, 0.3) is 0 Å². The summed E-state index contributed by atoms with van der Waals surface area (Å²) >= 11 is 0. The summed E-state index contributed by atoms with van der Waals surface area (Å²) in [7, 11) is 0. The predicted octanol–water partition coefficient (Wildman–Crippen LogP) is 3.91. The topological polar surface area (TPSA) is 49.3 Å². The van der Waals surface area contributed by atoms with Crippen LogP contribution in [0.2, 0.25) is 0 Å². The molecule has 0 fully saturated rings. The zero-order chi connectivity index (χ0) is 17.2. The lowest BCUT2D eigenvalue weighted by molar-refractivity contribution is 0.743. The van der Waals surface area contributed by atoms with Gasteiger partial charge in [0.1, 0.15) is 0 Å². The zero-order valence-electron chi connectivity index (χ0n) is 15.3. The van der Waals surface area contributed by atoms with Gasteiger partial charge in [0.2, 0.25) is 0 Å². The van der Waals surface area contributed by atoms with Crippen molar-refractivity contribution in [3.8, 4) is 0 Å². The van der Waals surface area contributed by atoms with Gasteiger partial charge in [0.05, 0.1) is 0 Å². The highest BCUT2D eigenvalue weighted by Crippen LogP contribution is 2.15. The number of benzene rings is 1. The Balaban J connectivity index is 0.00000312. The number of aryl methyl sites for hydroxylation is 1. The molecule has 0 saturated heterocycles. The normalized spacial score (nSPS) is 12.2. The van der Waals surface area contributed by atoms with Crippen LogP contribution in [-0.4, -0.2) is 30.6 Å². The summed E-state index contributed by atoms with van der Waals surface area (Å²) in [6, 6.07) is 14.7. The van der Waals surface area contributed by atoms with Gasteiger partial charge in [-0.25, -0.2) is 0 Å². The quantitative estimate of drug-likeness (QED) is 0.381. The van der Waals surface area contributed by atoms with E-state index in [2.05, 4.69) is 60.7 Å². The van der Waals surface area contributed by atoms with Gasteiger partial charge in [-0.3, -0.25) is 9.98 Å². The first-order chi connectivity index (χ1) is 11.7. The van der Waals surface area contributed by atoms with Crippen molar-refractivity contribution in [3.05, 3.63) is 65.5 Å². The van der Waals surface area contributed by atoms with Gasteiger partial charge in [-0.15, -0.1) is 24.0 Å². The standard InChI is InChI=1S/C20H28N4.HI/c1-4-21-20(23-14-12-19-7-5-6-13-22-19)24-15-17(3)18-10-8-16(2)9-11-18;/h5-11,13,17H,4,12,14-15H2,1-3H3,(H2,21,23,24);1H. The zero-order valence-corrected chi connectivity index (χ0v) is 17.7. The lowest BCUT2D eigenvalue weighted by Gasteiger charge is -2.14. The fraction of sp³-hybridized carbons (Fsp3) is 0.400. The average Bonchev–Trinajstić information content (AvgIpc) is 2.61. The average molecular weight is 452 g/mol. The maximum atomic E-state index is 4.72. The van der Waals surface area contributed by atoms with Crippen molar-refractivity contribution < 1.29 is 0 Å². The van der Waals surface area contributed by atoms with Crippen molar-refractivity contribution in [1.29, 1.82) is 0 Å². The Kier molecular flexibility index (Phi) is 10.1. The van der Waals surface area contributed by atoms with Crippen LogP contribution in [0.4, 0.5) is 0 Å². The van der Waals surface area contributed by atoms with E-state index in [1.54, 1.807) is 0 Å². The Labute approximate surface area is 168 Å². The van der Waals surface area contributed by atoms with Crippen LogP contribution in [0.3, 0.4) is 0 Å². The molecule has 0 saturated carbocycles. The number of hydrogen-bond donors (Lipinski definition) is 2. The van der Waals surface area contributed by atoms with E-state index in [4.69, 9.17) is 4.99 Å². The van der Waals surface area contributed by atoms with E-state index in [9.17, 15) is 0 Å². The Morgan fingerprint density at radius 3 is 2.52 bits per heavy atom. The number of hydrogen-bond acceptors (Lipinski definition) is 2. The number of nitrogens with zero attached hydrogens (tertiary/aromatic N) is 2. The molecule has 2 rings (SSSR count).